The van der Waals surface area contributed by atoms with Gasteiger partial charge in [-0.15, -0.1) is 0 Å². The molecule has 1 fully saturated rings. The highest BCUT2D eigenvalue weighted by molar-refractivity contribution is 9.10. The number of hydrogen-bond donors (Lipinski definition) is 2. The maximum atomic E-state index is 10.3. The fraction of sp³-hybridized carbons (Fsp3) is 0.600. The quantitative estimate of drug-likeness (QED) is 0.658. The van der Waals surface area contributed by atoms with Crippen molar-refractivity contribution >= 4 is 15.9 Å². The zero-order chi connectivity index (χ0) is 17.9. The summed E-state index contributed by atoms with van der Waals surface area (Å²) in [7, 11) is 1.64. The number of aliphatic hydroxyl groups excluding tert-OH is 1. The van der Waals surface area contributed by atoms with E-state index in [1.54, 1.807) is 13.2 Å². The number of phenolic OH excluding ortho intramolecular Hbond substituents is 1. The molecule has 1 aromatic rings. The van der Waals surface area contributed by atoms with Crippen LogP contribution in [0.15, 0.2) is 28.8 Å². The SMILES string of the molecule is C=C1CC(CCCO)CC(C)(C)C1Cc1cc(OC)c(Br)cc1O. The van der Waals surface area contributed by atoms with Crippen LogP contribution < -0.4 is 4.74 Å². The Morgan fingerprint density at radius 1 is 1.38 bits per heavy atom. The fourth-order valence-corrected chi connectivity index (χ4v) is 4.65. The standard InChI is InChI=1S/C20H29BrO3/c1-13-8-14(6-5-7-22)12-20(2,3)16(13)9-15-10-19(24-4)17(21)11-18(15)23/h10-11,14,16,22-23H,1,5-9,12H2,2-4H3. The number of methoxy groups -OCH3 is 1. The van der Waals surface area contributed by atoms with Gasteiger partial charge in [0.05, 0.1) is 11.6 Å². The summed E-state index contributed by atoms with van der Waals surface area (Å²) in [5, 5.41) is 19.4. The number of aliphatic hydroxyl groups is 1. The third-order valence-corrected chi connectivity index (χ3v) is 5.97. The minimum Gasteiger partial charge on any atom is -0.508 e. The van der Waals surface area contributed by atoms with E-state index in [0.717, 1.165) is 47.9 Å². The molecule has 1 aliphatic rings. The van der Waals surface area contributed by atoms with E-state index in [-0.39, 0.29) is 12.0 Å². The lowest BCUT2D eigenvalue weighted by molar-refractivity contribution is 0.132. The molecule has 0 amide bonds. The second kappa shape index (κ2) is 7.92. The van der Waals surface area contributed by atoms with Gasteiger partial charge in [-0.2, -0.15) is 0 Å². The van der Waals surface area contributed by atoms with E-state index in [0.29, 0.717) is 17.6 Å². The normalized spacial score (nSPS) is 23.3. The Labute approximate surface area is 153 Å². The van der Waals surface area contributed by atoms with Crippen molar-refractivity contribution in [2.75, 3.05) is 13.7 Å². The first-order chi connectivity index (χ1) is 11.3. The highest BCUT2D eigenvalue weighted by atomic mass is 79.9. The van der Waals surface area contributed by atoms with Crippen LogP contribution in [0.25, 0.3) is 0 Å². The van der Waals surface area contributed by atoms with Gasteiger partial charge < -0.3 is 14.9 Å². The topological polar surface area (TPSA) is 49.7 Å². The molecule has 0 aromatic heterocycles. The maximum absolute atomic E-state index is 10.3. The van der Waals surface area contributed by atoms with Crippen molar-refractivity contribution in [1.82, 2.24) is 0 Å². The Morgan fingerprint density at radius 2 is 2.08 bits per heavy atom. The molecule has 0 radical (unpaired) electrons. The predicted molar refractivity (Wildman–Crippen MR) is 102 cm³/mol. The molecule has 2 N–H and O–H groups in total. The summed E-state index contributed by atoms with van der Waals surface area (Å²) in [4.78, 5) is 0. The van der Waals surface area contributed by atoms with E-state index in [4.69, 9.17) is 9.84 Å². The van der Waals surface area contributed by atoms with Gasteiger partial charge >= 0.3 is 0 Å². The number of halogens is 1. The molecule has 4 heteroatoms. The molecule has 0 saturated heterocycles. The van der Waals surface area contributed by atoms with Crippen molar-refractivity contribution in [3.8, 4) is 11.5 Å². The number of allylic oxidation sites excluding steroid dienone is 1. The Balaban J connectivity index is 2.19. The molecule has 1 saturated carbocycles. The van der Waals surface area contributed by atoms with Crippen LogP contribution in [0.4, 0.5) is 0 Å². The molecule has 1 aromatic carbocycles. The lowest BCUT2D eigenvalue weighted by Crippen LogP contribution is -2.35. The van der Waals surface area contributed by atoms with Crippen LogP contribution >= 0.6 is 15.9 Å². The lowest BCUT2D eigenvalue weighted by Gasteiger charge is -2.44. The number of rotatable bonds is 6. The van der Waals surface area contributed by atoms with E-state index in [9.17, 15) is 5.11 Å². The fourth-order valence-electron chi connectivity index (χ4n) is 4.15. The smallest absolute Gasteiger partial charge is 0.133 e. The van der Waals surface area contributed by atoms with Crippen molar-refractivity contribution < 1.29 is 14.9 Å². The second-order valence-corrected chi connectivity index (χ2v) is 8.51. The number of aromatic hydroxyl groups is 1. The van der Waals surface area contributed by atoms with Crippen LogP contribution in [-0.2, 0) is 6.42 Å². The molecular formula is C20H29BrO3. The van der Waals surface area contributed by atoms with Gasteiger partial charge in [-0.1, -0.05) is 26.0 Å². The van der Waals surface area contributed by atoms with Gasteiger partial charge in [0.25, 0.3) is 0 Å². The average Bonchev–Trinajstić information content (AvgIpc) is 2.50. The molecule has 0 spiro atoms. The first-order valence-electron chi connectivity index (χ1n) is 8.62. The molecule has 134 valence electrons. The number of benzene rings is 1. The molecule has 0 heterocycles. The van der Waals surface area contributed by atoms with E-state index < -0.39 is 0 Å². The molecule has 0 aliphatic heterocycles. The van der Waals surface area contributed by atoms with Gasteiger partial charge in [0, 0.05) is 6.61 Å². The van der Waals surface area contributed by atoms with Crippen LogP contribution in [0.2, 0.25) is 0 Å². The van der Waals surface area contributed by atoms with E-state index >= 15 is 0 Å². The Kier molecular flexibility index (Phi) is 6.38. The molecule has 3 nitrogen and oxygen atoms in total. The first kappa shape index (κ1) is 19.3. The summed E-state index contributed by atoms with van der Waals surface area (Å²) in [6.07, 6.45) is 4.84. The highest BCUT2D eigenvalue weighted by Gasteiger charge is 2.39. The van der Waals surface area contributed by atoms with Crippen molar-refractivity contribution in [1.29, 1.82) is 0 Å². The van der Waals surface area contributed by atoms with Crippen molar-refractivity contribution in [3.63, 3.8) is 0 Å². The third kappa shape index (κ3) is 4.34. The summed E-state index contributed by atoms with van der Waals surface area (Å²) in [5.74, 6) is 1.97. The third-order valence-electron chi connectivity index (χ3n) is 5.35. The summed E-state index contributed by atoms with van der Waals surface area (Å²) in [6, 6.07) is 3.62. The van der Waals surface area contributed by atoms with Crippen molar-refractivity contribution in [2.45, 2.75) is 46.0 Å². The van der Waals surface area contributed by atoms with Crippen LogP contribution in [0.5, 0.6) is 11.5 Å². The largest absolute Gasteiger partial charge is 0.508 e. The van der Waals surface area contributed by atoms with Gasteiger partial charge in [-0.05, 0) is 83.0 Å². The minimum atomic E-state index is 0.127. The number of hydrogen-bond acceptors (Lipinski definition) is 3. The maximum Gasteiger partial charge on any atom is 0.133 e. The van der Waals surface area contributed by atoms with E-state index in [1.165, 1.54) is 5.57 Å². The average molecular weight is 397 g/mol. The Bertz CT molecular complexity index is 595. The van der Waals surface area contributed by atoms with Crippen LogP contribution in [0, 0.1) is 17.3 Å². The zero-order valence-electron chi connectivity index (χ0n) is 14.9. The monoisotopic (exact) mass is 396 g/mol. The molecule has 24 heavy (non-hydrogen) atoms. The predicted octanol–water partition coefficient (Wildman–Crippen LogP) is 5.09. The van der Waals surface area contributed by atoms with Gasteiger partial charge in [-0.25, -0.2) is 0 Å². The number of phenols is 1. The molecule has 2 atom stereocenters. The van der Waals surface area contributed by atoms with Gasteiger partial charge in [0.1, 0.15) is 11.5 Å². The second-order valence-electron chi connectivity index (χ2n) is 7.66. The molecule has 2 rings (SSSR count). The van der Waals surface area contributed by atoms with Gasteiger partial charge in [0.15, 0.2) is 0 Å². The van der Waals surface area contributed by atoms with Crippen LogP contribution in [0.3, 0.4) is 0 Å². The minimum absolute atomic E-state index is 0.127. The first-order valence-corrected chi connectivity index (χ1v) is 9.41. The summed E-state index contributed by atoms with van der Waals surface area (Å²) in [6.45, 7) is 9.20. The Morgan fingerprint density at radius 3 is 2.67 bits per heavy atom. The van der Waals surface area contributed by atoms with Crippen molar-refractivity contribution in [3.05, 3.63) is 34.3 Å². The summed E-state index contributed by atoms with van der Waals surface area (Å²) < 4.78 is 6.13. The summed E-state index contributed by atoms with van der Waals surface area (Å²) >= 11 is 3.41. The highest BCUT2D eigenvalue weighted by Crippen LogP contribution is 2.49. The summed E-state index contributed by atoms with van der Waals surface area (Å²) in [5.41, 5.74) is 2.29. The Hall–Kier alpha value is -1.00. The van der Waals surface area contributed by atoms with Gasteiger partial charge in [0.2, 0.25) is 0 Å². The van der Waals surface area contributed by atoms with E-state index in [1.807, 2.05) is 6.07 Å². The molecule has 2 unspecified atom stereocenters. The number of ether oxygens (including phenoxy) is 1. The zero-order valence-corrected chi connectivity index (χ0v) is 16.5. The van der Waals surface area contributed by atoms with Crippen LogP contribution in [0.1, 0.15) is 45.1 Å². The van der Waals surface area contributed by atoms with E-state index in [2.05, 4.69) is 36.4 Å². The van der Waals surface area contributed by atoms with Crippen molar-refractivity contribution in [2.24, 2.45) is 17.3 Å². The van der Waals surface area contributed by atoms with Gasteiger partial charge in [-0.3, -0.25) is 0 Å². The molecular weight excluding hydrogens is 368 g/mol. The lowest BCUT2D eigenvalue weighted by atomic mass is 9.61. The molecule has 0 bridgehead atoms. The molecule has 1 aliphatic carbocycles. The van der Waals surface area contributed by atoms with Crippen LogP contribution in [-0.4, -0.2) is 23.9 Å².